The smallest absolute Gasteiger partial charge is 0.143 e. The fraction of sp³-hybridized carbons (Fsp3) is 0. The average molecular weight is 559 g/mol. The molecule has 0 aliphatic rings. The molecular formula is C42H22O2. The van der Waals surface area contributed by atoms with Crippen LogP contribution < -0.4 is 0 Å². The van der Waals surface area contributed by atoms with Gasteiger partial charge in [-0.15, -0.1) is 0 Å². The number of fused-ring (bicyclic) bond motifs is 16. The SMILES string of the molecule is c1ccc2c(c1)c1ccccc1c1c2oc2cccc3c2c1c1cccc2oc4c5ccccc5c5ccccc5c4c3c21. The molecule has 11 rings (SSSR count). The highest BCUT2D eigenvalue weighted by molar-refractivity contribution is 6.45. The maximum Gasteiger partial charge on any atom is 0.143 e. The summed E-state index contributed by atoms with van der Waals surface area (Å²) in [7, 11) is 0. The summed E-state index contributed by atoms with van der Waals surface area (Å²) in [6.45, 7) is 0. The molecule has 44 heavy (non-hydrogen) atoms. The Morgan fingerprint density at radius 3 is 0.955 bits per heavy atom. The topological polar surface area (TPSA) is 26.3 Å². The predicted octanol–water partition coefficient (Wildman–Crippen LogP) is 12.4. The minimum absolute atomic E-state index is 0.895. The molecule has 0 radical (unpaired) electrons. The molecule has 0 saturated carbocycles. The van der Waals surface area contributed by atoms with Crippen LogP contribution in [0.1, 0.15) is 0 Å². The predicted molar refractivity (Wildman–Crippen MR) is 186 cm³/mol. The van der Waals surface area contributed by atoms with E-state index >= 15 is 0 Å². The lowest BCUT2D eigenvalue weighted by atomic mass is 9.86. The summed E-state index contributed by atoms with van der Waals surface area (Å²) in [5, 5.41) is 19.0. The molecule has 0 spiro atoms. The van der Waals surface area contributed by atoms with Crippen LogP contribution in [-0.2, 0) is 0 Å². The van der Waals surface area contributed by atoms with Crippen LogP contribution >= 0.6 is 0 Å². The molecular weight excluding hydrogens is 536 g/mol. The van der Waals surface area contributed by atoms with Crippen LogP contribution in [0, 0.1) is 0 Å². The van der Waals surface area contributed by atoms with E-state index in [4.69, 9.17) is 8.83 Å². The van der Waals surface area contributed by atoms with E-state index in [-0.39, 0.29) is 0 Å². The van der Waals surface area contributed by atoms with E-state index in [1.54, 1.807) is 0 Å². The van der Waals surface area contributed by atoms with Crippen molar-refractivity contribution < 1.29 is 8.83 Å². The van der Waals surface area contributed by atoms with Crippen LogP contribution in [0.4, 0.5) is 0 Å². The highest BCUT2D eigenvalue weighted by Crippen LogP contribution is 2.50. The van der Waals surface area contributed by atoms with Gasteiger partial charge in [-0.2, -0.15) is 0 Å². The molecule has 11 aromatic rings. The van der Waals surface area contributed by atoms with Crippen molar-refractivity contribution in [3.8, 4) is 0 Å². The van der Waals surface area contributed by atoms with Gasteiger partial charge >= 0.3 is 0 Å². The van der Waals surface area contributed by atoms with Crippen molar-refractivity contribution in [1.29, 1.82) is 0 Å². The van der Waals surface area contributed by atoms with E-state index in [1.165, 1.54) is 53.9 Å². The largest absolute Gasteiger partial charge is 0.455 e. The molecule has 0 fully saturated rings. The van der Waals surface area contributed by atoms with E-state index in [0.29, 0.717) is 0 Å². The fourth-order valence-corrected chi connectivity index (χ4v) is 8.10. The van der Waals surface area contributed by atoms with Crippen molar-refractivity contribution in [1.82, 2.24) is 0 Å². The monoisotopic (exact) mass is 558 g/mol. The van der Waals surface area contributed by atoms with Crippen LogP contribution in [0.5, 0.6) is 0 Å². The van der Waals surface area contributed by atoms with Gasteiger partial charge in [-0.25, -0.2) is 0 Å². The lowest BCUT2D eigenvalue weighted by Gasteiger charge is -2.20. The van der Waals surface area contributed by atoms with Crippen LogP contribution in [0.25, 0.3) is 109 Å². The molecule has 2 heterocycles. The Kier molecular flexibility index (Phi) is 4.10. The first-order valence-corrected chi connectivity index (χ1v) is 15.1. The third kappa shape index (κ3) is 2.63. The molecule has 0 bridgehead atoms. The second-order valence-corrected chi connectivity index (χ2v) is 11.9. The van der Waals surface area contributed by atoms with Crippen molar-refractivity contribution in [2.75, 3.05) is 0 Å². The highest BCUT2D eigenvalue weighted by Gasteiger charge is 2.24. The summed E-state index contributed by atoms with van der Waals surface area (Å²) in [6, 6.07) is 47.8. The minimum Gasteiger partial charge on any atom is -0.455 e. The van der Waals surface area contributed by atoms with Crippen LogP contribution in [0.3, 0.4) is 0 Å². The molecule has 202 valence electrons. The summed E-state index contributed by atoms with van der Waals surface area (Å²) in [5.74, 6) is 0. The summed E-state index contributed by atoms with van der Waals surface area (Å²) in [5.41, 5.74) is 3.64. The zero-order valence-corrected chi connectivity index (χ0v) is 23.5. The molecule has 0 atom stereocenters. The molecule has 9 aromatic carbocycles. The fourth-order valence-electron chi connectivity index (χ4n) is 8.10. The highest BCUT2D eigenvalue weighted by atomic mass is 16.3. The third-order valence-corrected chi connectivity index (χ3v) is 9.79. The normalized spacial score (nSPS) is 12.5. The maximum absolute atomic E-state index is 6.98. The molecule has 0 unspecified atom stereocenters. The van der Waals surface area contributed by atoms with Gasteiger partial charge in [0.05, 0.1) is 0 Å². The van der Waals surface area contributed by atoms with Gasteiger partial charge in [0.1, 0.15) is 22.3 Å². The number of hydrogen-bond acceptors (Lipinski definition) is 2. The maximum atomic E-state index is 6.98. The Morgan fingerprint density at radius 2 is 0.545 bits per heavy atom. The molecule has 0 N–H and O–H groups in total. The zero-order chi connectivity index (χ0) is 28.5. The standard InChI is InChI=1S/C42H22O2/c1-5-15-27-23(11-1)25-13-3-7-17-29(25)41-39(27)37-31-19-9-22-34-36(31)38(32-20-10-21-33(43-41)35(32)37)40-28-16-6-2-12-24(28)26-14-4-8-18-30(26)42(40)44-34/h1-22H. The van der Waals surface area contributed by atoms with Gasteiger partial charge in [0.15, 0.2) is 0 Å². The summed E-state index contributed by atoms with van der Waals surface area (Å²) in [6.07, 6.45) is 0. The van der Waals surface area contributed by atoms with E-state index in [1.807, 2.05) is 0 Å². The second-order valence-electron chi connectivity index (χ2n) is 11.9. The van der Waals surface area contributed by atoms with Crippen LogP contribution in [-0.4, -0.2) is 0 Å². The van der Waals surface area contributed by atoms with Crippen molar-refractivity contribution in [2.45, 2.75) is 0 Å². The molecule has 2 nitrogen and oxygen atoms in total. The van der Waals surface area contributed by atoms with Gasteiger partial charge in [-0.1, -0.05) is 121 Å². The van der Waals surface area contributed by atoms with Crippen molar-refractivity contribution >= 4 is 109 Å². The zero-order valence-electron chi connectivity index (χ0n) is 23.5. The molecule has 0 aliphatic carbocycles. The first-order valence-electron chi connectivity index (χ1n) is 15.1. The van der Waals surface area contributed by atoms with Gasteiger partial charge in [0.25, 0.3) is 0 Å². The second kappa shape index (κ2) is 7.94. The molecule has 2 heteroatoms. The number of rotatable bonds is 0. The van der Waals surface area contributed by atoms with E-state index < -0.39 is 0 Å². The Labute approximate surface area is 250 Å². The lowest BCUT2D eigenvalue weighted by Crippen LogP contribution is -1.93. The summed E-state index contributed by atoms with van der Waals surface area (Å²) in [4.78, 5) is 0. The van der Waals surface area contributed by atoms with Gasteiger partial charge < -0.3 is 8.83 Å². The summed E-state index contributed by atoms with van der Waals surface area (Å²) < 4.78 is 14.0. The number of benzene rings is 9. The first-order chi connectivity index (χ1) is 21.9. The van der Waals surface area contributed by atoms with E-state index in [2.05, 4.69) is 133 Å². The van der Waals surface area contributed by atoms with Crippen molar-refractivity contribution in [2.24, 2.45) is 0 Å². The van der Waals surface area contributed by atoms with Gasteiger partial charge in [-0.05, 0) is 55.2 Å². The first kappa shape index (κ1) is 22.7. The lowest BCUT2D eigenvalue weighted by molar-refractivity contribution is 0.665. The van der Waals surface area contributed by atoms with Gasteiger partial charge in [0.2, 0.25) is 0 Å². The Hall–Kier alpha value is -5.86. The van der Waals surface area contributed by atoms with Gasteiger partial charge in [-0.3, -0.25) is 0 Å². The molecule has 0 amide bonds. The van der Waals surface area contributed by atoms with Crippen molar-refractivity contribution in [3.05, 3.63) is 133 Å². The molecule has 0 aliphatic heterocycles. The Bertz CT molecular complexity index is 2840. The van der Waals surface area contributed by atoms with E-state index in [0.717, 1.165) is 54.6 Å². The van der Waals surface area contributed by atoms with Gasteiger partial charge in [0, 0.05) is 43.1 Å². The molecule has 0 saturated heterocycles. The van der Waals surface area contributed by atoms with E-state index in [9.17, 15) is 0 Å². The quantitative estimate of drug-likeness (QED) is 0.137. The summed E-state index contributed by atoms with van der Waals surface area (Å²) >= 11 is 0. The van der Waals surface area contributed by atoms with Crippen LogP contribution in [0.2, 0.25) is 0 Å². The third-order valence-electron chi connectivity index (χ3n) is 9.79. The van der Waals surface area contributed by atoms with Crippen LogP contribution in [0.15, 0.2) is 142 Å². The minimum atomic E-state index is 0.895. The molecule has 2 aromatic heterocycles. The number of hydrogen-bond donors (Lipinski definition) is 0. The van der Waals surface area contributed by atoms with Crippen molar-refractivity contribution in [3.63, 3.8) is 0 Å². The Balaban J connectivity index is 1.54. The average Bonchev–Trinajstić information content (AvgIpc) is 3.09. The Morgan fingerprint density at radius 1 is 0.227 bits per heavy atom.